The standard InChI is InChI=1S/C22H23NO5S2/c1-3-28-22(24)20-16-10-6-7-11-18(16)29-21(20)23-30(25,26)19-13-12-17(27-2)14-8-4-5-9-15(14)19/h4-5,8-9,12-13,23H,3,6-7,10-11H2,1-2H3. The molecule has 0 fully saturated rings. The van der Waals surface area contributed by atoms with Crippen molar-refractivity contribution in [2.75, 3.05) is 18.4 Å². The minimum Gasteiger partial charge on any atom is -0.496 e. The topological polar surface area (TPSA) is 81.7 Å². The molecular formula is C22H23NO5S2. The third-order valence-corrected chi connectivity index (χ3v) is 7.98. The molecule has 1 heterocycles. The molecule has 2 aromatic carbocycles. The normalized spacial score (nSPS) is 13.7. The largest absolute Gasteiger partial charge is 0.496 e. The van der Waals surface area contributed by atoms with Gasteiger partial charge in [-0.1, -0.05) is 24.3 Å². The predicted molar refractivity (Wildman–Crippen MR) is 118 cm³/mol. The zero-order valence-corrected chi connectivity index (χ0v) is 18.5. The van der Waals surface area contributed by atoms with Crippen molar-refractivity contribution >= 4 is 43.1 Å². The van der Waals surface area contributed by atoms with Gasteiger partial charge in [0, 0.05) is 15.6 Å². The van der Waals surface area contributed by atoms with Gasteiger partial charge < -0.3 is 9.47 Å². The molecule has 0 saturated carbocycles. The van der Waals surface area contributed by atoms with Crippen molar-refractivity contribution in [3.63, 3.8) is 0 Å². The molecule has 0 aliphatic heterocycles. The maximum Gasteiger partial charge on any atom is 0.341 e. The Balaban J connectivity index is 1.81. The second kappa shape index (κ2) is 8.28. The number of carbonyl (C=O) groups excluding carboxylic acids is 1. The smallest absolute Gasteiger partial charge is 0.341 e. The molecule has 4 rings (SSSR count). The molecule has 1 aliphatic carbocycles. The molecule has 8 heteroatoms. The lowest BCUT2D eigenvalue weighted by Crippen LogP contribution is -2.16. The second-order valence-corrected chi connectivity index (χ2v) is 9.81. The number of hydrogen-bond acceptors (Lipinski definition) is 6. The summed E-state index contributed by atoms with van der Waals surface area (Å²) in [5.41, 5.74) is 1.28. The zero-order chi connectivity index (χ0) is 21.3. The summed E-state index contributed by atoms with van der Waals surface area (Å²) < 4.78 is 40.0. The summed E-state index contributed by atoms with van der Waals surface area (Å²) in [7, 11) is -2.39. The number of rotatable bonds is 6. The van der Waals surface area contributed by atoms with Crippen LogP contribution in [-0.4, -0.2) is 28.1 Å². The number of hydrogen-bond donors (Lipinski definition) is 1. The highest BCUT2D eigenvalue weighted by atomic mass is 32.2. The van der Waals surface area contributed by atoms with E-state index in [1.807, 2.05) is 12.1 Å². The molecule has 1 aliphatic rings. The van der Waals surface area contributed by atoms with E-state index in [1.54, 1.807) is 32.2 Å². The SMILES string of the molecule is CCOC(=O)c1c(NS(=O)(=O)c2ccc(OC)c3ccccc23)sc2c1CCCC2. The Hall–Kier alpha value is -2.58. The lowest BCUT2D eigenvalue weighted by atomic mass is 9.95. The zero-order valence-electron chi connectivity index (χ0n) is 16.9. The Morgan fingerprint density at radius 3 is 2.57 bits per heavy atom. The molecular weight excluding hydrogens is 422 g/mol. The summed E-state index contributed by atoms with van der Waals surface area (Å²) in [4.78, 5) is 13.8. The quantitative estimate of drug-likeness (QED) is 0.553. The maximum atomic E-state index is 13.4. The van der Waals surface area contributed by atoms with Crippen LogP contribution in [0.25, 0.3) is 10.8 Å². The molecule has 0 unspecified atom stereocenters. The lowest BCUT2D eigenvalue weighted by Gasteiger charge is -2.14. The molecule has 0 radical (unpaired) electrons. The average molecular weight is 446 g/mol. The monoisotopic (exact) mass is 445 g/mol. The number of sulfonamides is 1. The van der Waals surface area contributed by atoms with Gasteiger partial charge in [-0.25, -0.2) is 13.2 Å². The van der Waals surface area contributed by atoms with Crippen LogP contribution in [0.4, 0.5) is 5.00 Å². The predicted octanol–water partition coefficient (Wildman–Crippen LogP) is 4.77. The Labute approximate surface area is 179 Å². The first-order valence-electron chi connectivity index (χ1n) is 9.86. The fraction of sp³-hybridized carbons (Fsp3) is 0.318. The van der Waals surface area contributed by atoms with E-state index >= 15 is 0 Å². The molecule has 30 heavy (non-hydrogen) atoms. The molecule has 6 nitrogen and oxygen atoms in total. The van der Waals surface area contributed by atoms with Gasteiger partial charge in [0.25, 0.3) is 10.0 Å². The molecule has 0 spiro atoms. The first-order valence-corrected chi connectivity index (χ1v) is 12.2. The van der Waals surface area contributed by atoms with Crippen molar-refractivity contribution in [3.05, 3.63) is 52.4 Å². The van der Waals surface area contributed by atoms with Crippen molar-refractivity contribution in [1.29, 1.82) is 0 Å². The number of anilines is 1. The molecule has 158 valence electrons. The van der Waals surface area contributed by atoms with Gasteiger partial charge in [0.15, 0.2) is 0 Å². The van der Waals surface area contributed by atoms with E-state index in [9.17, 15) is 13.2 Å². The number of aryl methyl sites for hydroxylation is 1. The number of methoxy groups -OCH3 is 1. The van der Waals surface area contributed by atoms with Gasteiger partial charge in [-0.2, -0.15) is 0 Å². The van der Waals surface area contributed by atoms with E-state index in [0.717, 1.165) is 36.1 Å². The van der Waals surface area contributed by atoms with Gasteiger partial charge in [-0.05, 0) is 50.3 Å². The summed E-state index contributed by atoms with van der Waals surface area (Å²) >= 11 is 1.33. The first kappa shape index (κ1) is 20.7. The summed E-state index contributed by atoms with van der Waals surface area (Å²) in [6.07, 6.45) is 3.61. The van der Waals surface area contributed by atoms with Gasteiger partial charge in [0.05, 0.1) is 24.2 Å². The van der Waals surface area contributed by atoms with Crippen LogP contribution in [-0.2, 0) is 27.6 Å². The maximum absolute atomic E-state index is 13.4. The van der Waals surface area contributed by atoms with Crippen LogP contribution in [0.5, 0.6) is 5.75 Å². The number of esters is 1. The third-order valence-electron chi connectivity index (χ3n) is 5.23. The van der Waals surface area contributed by atoms with Gasteiger partial charge in [-0.15, -0.1) is 11.3 Å². The van der Waals surface area contributed by atoms with Gasteiger partial charge >= 0.3 is 5.97 Å². The Bertz CT molecular complexity index is 1210. The van der Waals surface area contributed by atoms with E-state index in [4.69, 9.17) is 9.47 Å². The number of benzene rings is 2. The average Bonchev–Trinajstić information content (AvgIpc) is 3.10. The molecule has 3 aromatic rings. The number of fused-ring (bicyclic) bond motifs is 2. The van der Waals surface area contributed by atoms with Crippen molar-refractivity contribution in [2.24, 2.45) is 0 Å². The first-order chi connectivity index (χ1) is 14.5. The summed E-state index contributed by atoms with van der Waals surface area (Å²) in [5, 5.41) is 1.60. The fourth-order valence-corrected chi connectivity index (χ4v) is 6.69. The minimum atomic E-state index is -3.94. The van der Waals surface area contributed by atoms with Crippen LogP contribution in [0.15, 0.2) is 41.3 Å². The highest BCUT2D eigenvalue weighted by Gasteiger charge is 2.29. The summed E-state index contributed by atoms with van der Waals surface area (Å²) in [5.74, 6) is 0.123. The van der Waals surface area contributed by atoms with Crippen LogP contribution < -0.4 is 9.46 Å². The molecule has 0 amide bonds. The third kappa shape index (κ3) is 3.65. The Morgan fingerprint density at radius 1 is 1.10 bits per heavy atom. The van der Waals surface area contributed by atoms with E-state index in [-0.39, 0.29) is 11.5 Å². The van der Waals surface area contributed by atoms with Crippen molar-refractivity contribution < 1.29 is 22.7 Å². The Kier molecular flexibility index (Phi) is 5.71. The number of ether oxygens (including phenoxy) is 2. The highest BCUT2D eigenvalue weighted by molar-refractivity contribution is 7.93. The highest BCUT2D eigenvalue weighted by Crippen LogP contribution is 2.40. The fourth-order valence-electron chi connectivity index (χ4n) is 3.89. The molecule has 1 aromatic heterocycles. The van der Waals surface area contributed by atoms with Gasteiger partial charge in [-0.3, -0.25) is 4.72 Å². The van der Waals surface area contributed by atoms with E-state index < -0.39 is 16.0 Å². The molecule has 0 saturated heterocycles. The van der Waals surface area contributed by atoms with E-state index in [0.29, 0.717) is 27.1 Å². The minimum absolute atomic E-state index is 0.139. The van der Waals surface area contributed by atoms with Crippen molar-refractivity contribution in [1.82, 2.24) is 0 Å². The van der Waals surface area contributed by atoms with Crippen LogP contribution >= 0.6 is 11.3 Å². The van der Waals surface area contributed by atoms with Crippen LogP contribution in [0.1, 0.15) is 40.6 Å². The van der Waals surface area contributed by atoms with E-state index in [1.165, 1.54) is 17.4 Å². The second-order valence-electron chi connectivity index (χ2n) is 7.05. The van der Waals surface area contributed by atoms with Gasteiger partial charge in [0.1, 0.15) is 10.8 Å². The van der Waals surface area contributed by atoms with Crippen LogP contribution in [0.2, 0.25) is 0 Å². The summed E-state index contributed by atoms with van der Waals surface area (Å²) in [6.45, 7) is 1.98. The van der Waals surface area contributed by atoms with Gasteiger partial charge in [0.2, 0.25) is 0 Å². The van der Waals surface area contributed by atoms with Crippen molar-refractivity contribution in [2.45, 2.75) is 37.5 Å². The molecule has 0 bridgehead atoms. The van der Waals surface area contributed by atoms with Crippen LogP contribution in [0.3, 0.4) is 0 Å². The van der Waals surface area contributed by atoms with Crippen LogP contribution in [0, 0.1) is 0 Å². The van der Waals surface area contributed by atoms with Crippen molar-refractivity contribution in [3.8, 4) is 5.75 Å². The molecule has 1 N–H and O–H groups in total. The van der Waals surface area contributed by atoms with E-state index in [2.05, 4.69) is 4.72 Å². The number of nitrogens with one attached hydrogen (secondary N) is 1. The molecule has 0 atom stereocenters. The Morgan fingerprint density at radius 2 is 1.83 bits per heavy atom. The lowest BCUT2D eigenvalue weighted by molar-refractivity contribution is 0.0526. The summed E-state index contributed by atoms with van der Waals surface area (Å²) in [6, 6.07) is 10.4. The number of thiophene rings is 1. The number of carbonyl (C=O) groups is 1.